The fraction of sp³-hybridized carbons (Fsp3) is 0.727. The Morgan fingerprint density at radius 1 is 1.71 bits per heavy atom. The minimum atomic E-state index is -0.252. The Kier molecular flexibility index (Phi) is 4.66. The van der Waals surface area contributed by atoms with Crippen molar-refractivity contribution < 1.29 is 9.90 Å². The Labute approximate surface area is 85.2 Å². The van der Waals surface area contributed by atoms with Crippen molar-refractivity contribution in [2.45, 2.75) is 45.1 Å². The molecule has 2 N–H and O–H groups in total. The third-order valence-corrected chi connectivity index (χ3v) is 2.42. The van der Waals surface area contributed by atoms with Gasteiger partial charge in [-0.25, -0.2) is 0 Å². The van der Waals surface area contributed by atoms with Crippen molar-refractivity contribution in [2.75, 3.05) is 6.54 Å². The summed E-state index contributed by atoms with van der Waals surface area (Å²) in [6, 6.07) is 0. The highest BCUT2D eigenvalue weighted by Gasteiger charge is 2.13. The Hall–Kier alpha value is -0.830. The molecule has 1 saturated heterocycles. The predicted molar refractivity (Wildman–Crippen MR) is 55.9 cm³/mol. The van der Waals surface area contributed by atoms with Crippen molar-refractivity contribution in [2.24, 2.45) is 0 Å². The van der Waals surface area contributed by atoms with Gasteiger partial charge in [0.2, 0.25) is 0 Å². The van der Waals surface area contributed by atoms with Crippen LogP contribution in [-0.4, -0.2) is 23.5 Å². The summed E-state index contributed by atoms with van der Waals surface area (Å²) in [5.74, 6) is 0.200. The van der Waals surface area contributed by atoms with Gasteiger partial charge >= 0.3 is 0 Å². The van der Waals surface area contributed by atoms with Gasteiger partial charge in [-0.3, -0.25) is 4.79 Å². The number of carbonyl (C=O) groups excluding carboxylic acids is 1. The van der Waals surface area contributed by atoms with Crippen LogP contribution < -0.4 is 5.32 Å². The molecule has 3 nitrogen and oxygen atoms in total. The number of allylic oxidation sites excluding steroid dienone is 2. The Morgan fingerprint density at radius 2 is 2.50 bits per heavy atom. The van der Waals surface area contributed by atoms with Crippen molar-refractivity contribution in [3.05, 3.63) is 11.8 Å². The van der Waals surface area contributed by atoms with Crippen molar-refractivity contribution in [1.82, 2.24) is 5.32 Å². The normalized spacial score (nSPS) is 24.7. The van der Waals surface area contributed by atoms with Crippen LogP contribution in [0.15, 0.2) is 11.8 Å². The summed E-state index contributed by atoms with van der Waals surface area (Å²) < 4.78 is 0. The Morgan fingerprint density at radius 3 is 3.07 bits per heavy atom. The first-order valence-corrected chi connectivity index (χ1v) is 5.37. The maximum atomic E-state index is 11.4. The standard InChI is InChI=1S/C11H19NO2/c1-2-3-4-10(13)7-9-5-6-11(14)8-12-9/h7,11-12,14H,2-6,8H2,1H3/b9-7-/t11-/m0/s1. The highest BCUT2D eigenvalue weighted by molar-refractivity contribution is 5.90. The van der Waals surface area contributed by atoms with Crippen LogP contribution >= 0.6 is 0 Å². The van der Waals surface area contributed by atoms with Crippen LogP contribution in [0.3, 0.4) is 0 Å². The van der Waals surface area contributed by atoms with Gasteiger partial charge in [-0.2, -0.15) is 0 Å². The largest absolute Gasteiger partial charge is 0.391 e. The molecule has 14 heavy (non-hydrogen) atoms. The molecule has 80 valence electrons. The topological polar surface area (TPSA) is 49.3 Å². The molecule has 0 aromatic rings. The molecule has 0 unspecified atom stereocenters. The second kappa shape index (κ2) is 5.81. The summed E-state index contributed by atoms with van der Waals surface area (Å²) in [4.78, 5) is 11.4. The summed E-state index contributed by atoms with van der Waals surface area (Å²) >= 11 is 0. The monoisotopic (exact) mass is 197 g/mol. The van der Waals surface area contributed by atoms with E-state index in [0.29, 0.717) is 13.0 Å². The van der Waals surface area contributed by atoms with E-state index in [2.05, 4.69) is 12.2 Å². The van der Waals surface area contributed by atoms with E-state index in [1.165, 1.54) is 0 Å². The summed E-state index contributed by atoms with van der Waals surface area (Å²) in [5.41, 5.74) is 0.983. The SMILES string of the molecule is CCCCC(=O)/C=C1/CC[C@H](O)CN1. The average Bonchev–Trinajstić information content (AvgIpc) is 2.18. The highest BCUT2D eigenvalue weighted by Crippen LogP contribution is 2.11. The lowest BCUT2D eigenvalue weighted by Crippen LogP contribution is -2.32. The molecule has 1 atom stereocenters. The fourth-order valence-electron chi connectivity index (χ4n) is 1.50. The molecule has 0 bridgehead atoms. The number of ketones is 1. The van der Waals surface area contributed by atoms with E-state index in [0.717, 1.165) is 31.4 Å². The number of unbranched alkanes of at least 4 members (excludes halogenated alkanes) is 1. The number of piperidine rings is 1. The van der Waals surface area contributed by atoms with Gasteiger partial charge in [0.25, 0.3) is 0 Å². The number of aliphatic hydroxyl groups excluding tert-OH is 1. The maximum Gasteiger partial charge on any atom is 0.157 e. The fourth-order valence-corrected chi connectivity index (χ4v) is 1.50. The first-order valence-electron chi connectivity index (χ1n) is 5.37. The third-order valence-electron chi connectivity index (χ3n) is 2.42. The van der Waals surface area contributed by atoms with E-state index in [1.807, 2.05) is 0 Å². The molecule has 1 aliphatic heterocycles. The molecular weight excluding hydrogens is 178 g/mol. The van der Waals surface area contributed by atoms with E-state index in [1.54, 1.807) is 6.08 Å². The minimum Gasteiger partial charge on any atom is -0.391 e. The number of carbonyl (C=O) groups is 1. The van der Waals surface area contributed by atoms with E-state index in [-0.39, 0.29) is 11.9 Å². The van der Waals surface area contributed by atoms with Crippen molar-refractivity contribution in [3.8, 4) is 0 Å². The van der Waals surface area contributed by atoms with Gasteiger partial charge in [0.1, 0.15) is 0 Å². The van der Waals surface area contributed by atoms with Crippen LogP contribution in [0.25, 0.3) is 0 Å². The van der Waals surface area contributed by atoms with Crippen molar-refractivity contribution in [1.29, 1.82) is 0 Å². The lowest BCUT2D eigenvalue weighted by molar-refractivity contribution is -0.114. The molecule has 1 fully saturated rings. The molecule has 0 saturated carbocycles. The first kappa shape index (κ1) is 11.2. The summed E-state index contributed by atoms with van der Waals surface area (Å²) in [7, 11) is 0. The van der Waals surface area contributed by atoms with Crippen LogP contribution in [0.5, 0.6) is 0 Å². The smallest absolute Gasteiger partial charge is 0.157 e. The third kappa shape index (κ3) is 3.92. The molecule has 0 radical (unpaired) electrons. The van der Waals surface area contributed by atoms with Crippen molar-refractivity contribution in [3.63, 3.8) is 0 Å². The van der Waals surface area contributed by atoms with Gasteiger partial charge < -0.3 is 10.4 Å². The van der Waals surface area contributed by atoms with Gasteiger partial charge in [0, 0.05) is 24.7 Å². The molecule has 0 spiro atoms. The zero-order chi connectivity index (χ0) is 10.4. The highest BCUT2D eigenvalue weighted by atomic mass is 16.3. The molecular formula is C11H19NO2. The molecule has 1 heterocycles. The molecule has 0 aromatic carbocycles. The van der Waals surface area contributed by atoms with Crippen LogP contribution in [-0.2, 0) is 4.79 Å². The number of hydrogen-bond acceptors (Lipinski definition) is 3. The predicted octanol–water partition coefficient (Wildman–Crippen LogP) is 1.37. The van der Waals surface area contributed by atoms with Crippen LogP contribution in [0.2, 0.25) is 0 Å². The van der Waals surface area contributed by atoms with Gasteiger partial charge in [0.05, 0.1) is 6.10 Å². The van der Waals surface area contributed by atoms with E-state index in [9.17, 15) is 9.90 Å². The van der Waals surface area contributed by atoms with Crippen LogP contribution in [0.4, 0.5) is 0 Å². The molecule has 3 heteroatoms. The molecule has 1 rings (SSSR count). The van der Waals surface area contributed by atoms with Crippen molar-refractivity contribution >= 4 is 5.78 Å². The summed E-state index contributed by atoms with van der Waals surface area (Å²) in [5, 5.41) is 12.3. The number of β-amino-alcohol motifs (C(OH)–C–C–N with tert-alkyl or cyclic N) is 1. The zero-order valence-electron chi connectivity index (χ0n) is 8.75. The molecule has 0 aliphatic carbocycles. The Balaban J connectivity index is 2.32. The number of hydrogen-bond donors (Lipinski definition) is 2. The quantitative estimate of drug-likeness (QED) is 0.669. The maximum absolute atomic E-state index is 11.4. The van der Waals surface area contributed by atoms with E-state index in [4.69, 9.17) is 0 Å². The molecule has 1 aliphatic rings. The molecule has 0 aromatic heterocycles. The van der Waals surface area contributed by atoms with Crippen LogP contribution in [0.1, 0.15) is 39.0 Å². The summed E-state index contributed by atoms with van der Waals surface area (Å²) in [6.07, 6.45) is 5.66. The summed E-state index contributed by atoms with van der Waals surface area (Å²) in [6.45, 7) is 2.66. The molecule has 0 amide bonds. The second-order valence-electron chi connectivity index (χ2n) is 3.81. The van der Waals surface area contributed by atoms with E-state index >= 15 is 0 Å². The van der Waals surface area contributed by atoms with Gasteiger partial charge in [-0.05, 0) is 19.3 Å². The lowest BCUT2D eigenvalue weighted by atomic mass is 10.1. The van der Waals surface area contributed by atoms with E-state index < -0.39 is 0 Å². The number of nitrogens with one attached hydrogen (secondary N) is 1. The number of aliphatic hydroxyl groups is 1. The first-order chi connectivity index (χ1) is 6.72. The Bertz CT molecular complexity index is 213. The van der Waals surface area contributed by atoms with Gasteiger partial charge in [-0.1, -0.05) is 13.3 Å². The second-order valence-corrected chi connectivity index (χ2v) is 3.81. The van der Waals surface area contributed by atoms with Gasteiger partial charge in [0.15, 0.2) is 5.78 Å². The lowest BCUT2D eigenvalue weighted by Gasteiger charge is -2.21. The van der Waals surface area contributed by atoms with Crippen LogP contribution in [0, 0.1) is 0 Å². The average molecular weight is 197 g/mol. The van der Waals surface area contributed by atoms with Gasteiger partial charge in [-0.15, -0.1) is 0 Å². The zero-order valence-corrected chi connectivity index (χ0v) is 8.75. The number of rotatable bonds is 4. The minimum absolute atomic E-state index is 0.200.